The SMILES string of the molecule is C[C@H]1CN([C@@H](C)CO)C(=O)CCCn2cc(nn2)CO[C@H]1CN(C)C(=O)Nc1cccc(C(F)(F)F)c1. The average molecular weight is 527 g/mol. The van der Waals surface area contributed by atoms with E-state index in [1.54, 1.807) is 22.7 Å². The highest BCUT2D eigenvalue weighted by molar-refractivity contribution is 5.89. The van der Waals surface area contributed by atoms with E-state index in [0.29, 0.717) is 25.2 Å². The van der Waals surface area contributed by atoms with Crippen LogP contribution in [-0.4, -0.2) is 80.7 Å². The highest BCUT2D eigenvalue weighted by atomic mass is 19.4. The van der Waals surface area contributed by atoms with E-state index in [-0.39, 0.29) is 43.7 Å². The van der Waals surface area contributed by atoms with Crippen LogP contribution in [-0.2, 0) is 28.9 Å². The van der Waals surface area contributed by atoms with E-state index in [4.69, 9.17) is 4.74 Å². The number of aromatic nitrogens is 3. The van der Waals surface area contributed by atoms with Gasteiger partial charge in [-0.05, 0) is 31.5 Å². The smallest absolute Gasteiger partial charge is 0.394 e. The summed E-state index contributed by atoms with van der Waals surface area (Å²) in [4.78, 5) is 28.7. The normalized spacial score (nSPS) is 20.4. The fourth-order valence-corrected chi connectivity index (χ4v) is 4.04. The van der Waals surface area contributed by atoms with Gasteiger partial charge in [0.25, 0.3) is 0 Å². The van der Waals surface area contributed by atoms with Crippen molar-refractivity contribution in [3.05, 3.63) is 41.7 Å². The molecule has 204 valence electrons. The third-order valence-corrected chi connectivity index (χ3v) is 6.29. The molecule has 0 radical (unpaired) electrons. The molecule has 13 heteroatoms. The second-order valence-corrected chi connectivity index (χ2v) is 9.37. The number of anilines is 1. The minimum Gasteiger partial charge on any atom is -0.394 e. The molecule has 10 nitrogen and oxygen atoms in total. The lowest BCUT2D eigenvalue weighted by atomic mass is 10.0. The number of alkyl halides is 3. The highest BCUT2D eigenvalue weighted by Crippen LogP contribution is 2.30. The van der Waals surface area contributed by atoms with Crippen LogP contribution in [0.5, 0.6) is 0 Å². The first-order valence-corrected chi connectivity index (χ1v) is 12.1. The first-order chi connectivity index (χ1) is 17.5. The molecule has 1 aliphatic rings. The van der Waals surface area contributed by atoms with E-state index in [9.17, 15) is 27.9 Å². The molecule has 2 bridgehead atoms. The van der Waals surface area contributed by atoms with Crippen LogP contribution < -0.4 is 5.32 Å². The number of fused-ring (bicyclic) bond motifs is 2. The topological polar surface area (TPSA) is 113 Å². The quantitative estimate of drug-likeness (QED) is 0.620. The highest BCUT2D eigenvalue weighted by Gasteiger charge is 2.31. The molecule has 0 aliphatic carbocycles. The first-order valence-electron chi connectivity index (χ1n) is 12.1. The van der Waals surface area contributed by atoms with Crippen LogP contribution in [0.1, 0.15) is 37.9 Å². The van der Waals surface area contributed by atoms with E-state index in [2.05, 4.69) is 15.6 Å². The van der Waals surface area contributed by atoms with Crippen molar-refractivity contribution in [2.45, 2.75) is 58.2 Å². The Labute approximate surface area is 213 Å². The van der Waals surface area contributed by atoms with Gasteiger partial charge in [0.15, 0.2) is 0 Å². The lowest BCUT2D eigenvalue weighted by molar-refractivity contribution is -0.137. The molecule has 0 saturated carbocycles. The molecule has 3 amide bonds. The summed E-state index contributed by atoms with van der Waals surface area (Å²) in [6, 6.07) is 3.38. The molecule has 0 spiro atoms. The van der Waals surface area contributed by atoms with Crippen molar-refractivity contribution in [2.75, 3.05) is 32.1 Å². The molecule has 2 heterocycles. The van der Waals surface area contributed by atoms with Crippen LogP contribution >= 0.6 is 0 Å². The number of carbonyl (C=O) groups is 2. The maximum Gasteiger partial charge on any atom is 0.416 e. The Bertz CT molecular complexity index is 1060. The molecule has 37 heavy (non-hydrogen) atoms. The van der Waals surface area contributed by atoms with Gasteiger partial charge in [0, 0.05) is 44.7 Å². The summed E-state index contributed by atoms with van der Waals surface area (Å²) in [7, 11) is 1.51. The second-order valence-electron chi connectivity index (χ2n) is 9.37. The van der Waals surface area contributed by atoms with Gasteiger partial charge in [-0.15, -0.1) is 5.10 Å². The summed E-state index contributed by atoms with van der Waals surface area (Å²) in [6.07, 6.45) is -2.50. The van der Waals surface area contributed by atoms with E-state index in [0.717, 1.165) is 12.1 Å². The number of amides is 3. The Balaban J connectivity index is 1.75. The molecule has 2 N–H and O–H groups in total. The fraction of sp³-hybridized carbons (Fsp3) is 0.583. The zero-order valence-electron chi connectivity index (χ0n) is 21.1. The lowest BCUT2D eigenvalue weighted by Gasteiger charge is -2.35. The van der Waals surface area contributed by atoms with Crippen molar-refractivity contribution < 1.29 is 32.6 Å². The number of nitrogens with one attached hydrogen (secondary N) is 1. The number of ether oxygens (including phenoxy) is 1. The Hall–Kier alpha value is -3.19. The molecule has 3 atom stereocenters. The molecule has 0 unspecified atom stereocenters. The summed E-state index contributed by atoms with van der Waals surface area (Å²) in [5.74, 6) is -0.361. The Kier molecular flexibility index (Phi) is 9.49. The number of hydrogen-bond acceptors (Lipinski definition) is 6. The van der Waals surface area contributed by atoms with Gasteiger partial charge in [0.05, 0.1) is 37.1 Å². The van der Waals surface area contributed by atoms with Crippen LogP contribution in [0.4, 0.5) is 23.7 Å². The third-order valence-electron chi connectivity index (χ3n) is 6.29. The van der Waals surface area contributed by atoms with Crippen molar-refractivity contribution in [3.8, 4) is 0 Å². The molecule has 3 rings (SSSR count). The fourth-order valence-electron chi connectivity index (χ4n) is 4.04. The van der Waals surface area contributed by atoms with Crippen LogP contribution in [0.15, 0.2) is 30.5 Å². The van der Waals surface area contributed by atoms with Gasteiger partial charge in [0.1, 0.15) is 5.69 Å². The zero-order valence-corrected chi connectivity index (χ0v) is 21.1. The number of likely N-dealkylation sites (N-methyl/N-ethyl adjacent to an activating group) is 1. The number of urea groups is 1. The average Bonchev–Trinajstić information content (AvgIpc) is 3.31. The molecular weight excluding hydrogens is 493 g/mol. The van der Waals surface area contributed by atoms with Crippen molar-refractivity contribution >= 4 is 17.6 Å². The standard InChI is InChI=1S/C24H33F3N6O4/c1-16-11-33(17(2)14-34)22(35)8-5-9-32-12-20(29-30-32)15-37-21(16)13-31(3)23(36)28-19-7-4-6-18(10-19)24(25,26)27/h4,6-7,10,12,16-17,21,34H,5,8-9,11,13-15H2,1-3H3,(H,28,36)/t16-,17-,21-/m0/s1. The second kappa shape index (κ2) is 12.4. The van der Waals surface area contributed by atoms with E-state index >= 15 is 0 Å². The minimum atomic E-state index is -4.53. The van der Waals surface area contributed by atoms with Crippen molar-refractivity contribution in [1.29, 1.82) is 0 Å². The Morgan fingerprint density at radius 1 is 1.38 bits per heavy atom. The summed E-state index contributed by atoms with van der Waals surface area (Å²) < 4.78 is 46.8. The number of carbonyl (C=O) groups excluding carboxylic acids is 2. The predicted molar refractivity (Wildman–Crippen MR) is 128 cm³/mol. The Morgan fingerprint density at radius 2 is 2.14 bits per heavy atom. The molecule has 0 fully saturated rings. The van der Waals surface area contributed by atoms with Crippen LogP contribution in [0.25, 0.3) is 0 Å². The predicted octanol–water partition coefficient (Wildman–Crippen LogP) is 2.99. The van der Waals surface area contributed by atoms with Gasteiger partial charge in [-0.25, -0.2) is 4.79 Å². The van der Waals surface area contributed by atoms with Crippen molar-refractivity contribution in [1.82, 2.24) is 24.8 Å². The van der Waals surface area contributed by atoms with Crippen molar-refractivity contribution in [3.63, 3.8) is 0 Å². The van der Waals surface area contributed by atoms with Gasteiger partial charge in [-0.3, -0.25) is 9.48 Å². The van der Waals surface area contributed by atoms with Crippen LogP contribution in [0.2, 0.25) is 0 Å². The number of halogens is 3. The number of aryl methyl sites for hydroxylation is 1. The van der Waals surface area contributed by atoms with Gasteiger partial charge in [-0.1, -0.05) is 18.2 Å². The maximum absolute atomic E-state index is 13.0. The number of aliphatic hydroxyl groups excluding tert-OH is 1. The maximum atomic E-state index is 13.0. The molecule has 1 aliphatic heterocycles. The molecule has 2 aromatic rings. The van der Waals surface area contributed by atoms with E-state index < -0.39 is 29.9 Å². The third kappa shape index (κ3) is 7.89. The minimum absolute atomic E-state index is 0.0146. The number of aliphatic hydroxyl groups is 1. The van der Waals surface area contributed by atoms with Gasteiger partial charge >= 0.3 is 12.2 Å². The molecule has 1 aromatic heterocycles. The van der Waals surface area contributed by atoms with Crippen LogP contribution in [0, 0.1) is 5.92 Å². The number of rotatable bonds is 5. The first kappa shape index (κ1) is 28.4. The van der Waals surface area contributed by atoms with Gasteiger partial charge in [-0.2, -0.15) is 13.2 Å². The number of hydrogen-bond donors (Lipinski definition) is 2. The summed E-state index contributed by atoms with van der Waals surface area (Å²) in [5.41, 5.74) is -0.254. The zero-order chi connectivity index (χ0) is 27.2. The van der Waals surface area contributed by atoms with Gasteiger partial charge < -0.3 is 25.0 Å². The summed E-state index contributed by atoms with van der Waals surface area (Å²) in [5, 5.41) is 20.3. The molecule has 0 saturated heterocycles. The summed E-state index contributed by atoms with van der Waals surface area (Å²) >= 11 is 0. The largest absolute Gasteiger partial charge is 0.416 e. The monoisotopic (exact) mass is 526 g/mol. The van der Waals surface area contributed by atoms with Gasteiger partial charge in [0.2, 0.25) is 5.91 Å². The Morgan fingerprint density at radius 3 is 2.84 bits per heavy atom. The van der Waals surface area contributed by atoms with E-state index in [1.165, 1.54) is 24.1 Å². The van der Waals surface area contributed by atoms with Crippen LogP contribution in [0.3, 0.4) is 0 Å². The summed E-state index contributed by atoms with van der Waals surface area (Å²) in [6.45, 7) is 4.46. The molecular formula is C24H33F3N6O4. The van der Waals surface area contributed by atoms with E-state index in [1.807, 2.05) is 6.92 Å². The number of benzene rings is 1. The molecule has 1 aromatic carbocycles. The van der Waals surface area contributed by atoms with Crippen molar-refractivity contribution in [2.24, 2.45) is 5.92 Å². The number of nitrogens with zero attached hydrogens (tertiary/aromatic N) is 5. The lowest BCUT2D eigenvalue weighted by Crippen LogP contribution is -2.48.